The summed E-state index contributed by atoms with van der Waals surface area (Å²) in [6, 6.07) is 0. The Morgan fingerprint density at radius 1 is 1.58 bits per heavy atom. The lowest BCUT2D eigenvalue weighted by Gasteiger charge is -2.00. The normalized spacial score (nSPS) is 11.9. The molecular formula is C9H15FO2. The van der Waals surface area contributed by atoms with Crippen LogP contribution in [0.4, 0.5) is 4.39 Å². The Morgan fingerprint density at radius 2 is 2.17 bits per heavy atom. The van der Waals surface area contributed by atoms with Crippen LogP contribution in [-0.4, -0.2) is 12.6 Å². The van der Waals surface area contributed by atoms with E-state index in [1.54, 1.807) is 6.92 Å². The highest BCUT2D eigenvalue weighted by molar-refractivity contribution is 5.85. The number of rotatable bonds is 4. The van der Waals surface area contributed by atoms with Crippen molar-refractivity contribution >= 4 is 5.97 Å². The van der Waals surface area contributed by atoms with E-state index in [9.17, 15) is 9.18 Å². The molecule has 0 aliphatic carbocycles. The van der Waals surface area contributed by atoms with Gasteiger partial charge in [0.1, 0.15) is 0 Å². The van der Waals surface area contributed by atoms with Gasteiger partial charge in [0, 0.05) is 0 Å². The number of carbonyl (C=O) groups is 1. The van der Waals surface area contributed by atoms with Crippen molar-refractivity contribution in [1.82, 2.24) is 0 Å². The summed E-state index contributed by atoms with van der Waals surface area (Å²) in [4.78, 5) is 10.7. The second-order valence-corrected chi connectivity index (χ2v) is 2.90. The van der Waals surface area contributed by atoms with Crippen molar-refractivity contribution < 1.29 is 13.9 Å². The summed E-state index contributed by atoms with van der Waals surface area (Å²) in [6.07, 6.45) is 1.83. The van der Waals surface area contributed by atoms with E-state index < -0.39 is 11.8 Å². The zero-order valence-electron chi connectivity index (χ0n) is 7.76. The molecule has 0 radical (unpaired) electrons. The summed E-state index contributed by atoms with van der Waals surface area (Å²) in [5.74, 6) is -1.30. The molecule has 0 aromatic heterocycles. The number of carbonyl (C=O) groups excluding carboxylic acids is 1. The Labute approximate surface area is 72.4 Å². The van der Waals surface area contributed by atoms with E-state index in [-0.39, 0.29) is 6.61 Å². The molecule has 0 unspecified atom stereocenters. The maximum Gasteiger partial charge on any atom is 0.366 e. The molecule has 0 spiro atoms. The molecule has 0 fully saturated rings. The second-order valence-electron chi connectivity index (χ2n) is 2.90. The van der Waals surface area contributed by atoms with Crippen LogP contribution >= 0.6 is 0 Å². The summed E-state index contributed by atoms with van der Waals surface area (Å²) in [6.45, 7) is 5.76. The molecule has 2 nitrogen and oxygen atoms in total. The van der Waals surface area contributed by atoms with Crippen LogP contribution in [0.3, 0.4) is 0 Å². The highest BCUT2D eigenvalue weighted by atomic mass is 19.1. The third kappa shape index (κ3) is 4.88. The van der Waals surface area contributed by atoms with Gasteiger partial charge in [0.05, 0.1) is 6.61 Å². The Hall–Kier alpha value is -0.860. The largest absolute Gasteiger partial charge is 0.461 e. The number of esters is 1. The van der Waals surface area contributed by atoms with Crippen LogP contribution in [0.1, 0.15) is 27.2 Å². The van der Waals surface area contributed by atoms with Crippen LogP contribution in [0.5, 0.6) is 0 Å². The van der Waals surface area contributed by atoms with Gasteiger partial charge in [-0.3, -0.25) is 0 Å². The van der Waals surface area contributed by atoms with Gasteiger partial charge in [-0.05, 0) is 25.3 Å². The molecule has 0 aliphatic rings. The minimum Gasteiger partial charge on any atom is -0.461 e. The molecule has 0 aromatic rings. The fourth-order valence-electron chi connectivity index (χ4n) is 0.623. The van der Waals surface area contributed by atoms with Crippen LogP contribution in [0.25, 0.3) is 0 Å². The van der Waals surface area contributed by atoms with Crippen molar-refractivity contribution in [3.63, 3.8) is 0 Å². The quantitative estimate of drug-likeness (QED) is 0.483. The fraction of sp³-hybridized carbons (Fsp3) is 0.667. The fourth-order valence-corrected chi connectivity index (χ4v) is 0.623. The molecule has 0 bridgehead atoms. The van der Waals surface area contributed by atoms with Crippen LogP contribution < -0.4 is 0 Å². The summed E-state index contributed by atoms with van der Waals surface area (Å²) in [7, 11) is 0. The minimum atomic E-state index is -0.863. The molecule has 3 heteroatoms. The molecule has 0 heterocycles. The third-order valence-electron chi connectivity index (χ3n) is 1.24. The molecule has 0 aliphatic heterocycles. The first-order valence-electron chi connectivity index (χ1n) is 4.10. The van der Waals surface area contributed by atoms with Gasteiger partial charge in [-0.2, -0.15) is 4.39 Å². The number of allylic oxidation sites excluding steroid dienone is 1. The van der Waals surface area contributed by atoms with Crippen molar-refractivity contribution in [1.29, 1.82) is 0 Å². The van der Waals surface area contributed by atoms with Crippen molar-refractivity contribution in [3.8, 4) is 0 Å². The van der Waals surface area contributed by atoms with E-state index >= 15 is 0 Å². The van der Waals surface area contributed by atoms with Gasteiger partial charge < -0.3 is 4.74 Å². The van der Waals surface area contributed by atoms with E-state index in [0.717, 1.165) is 0 Å². The predicted molar refractivity (Wildman–Crippen MR) is 45.3 cm³/mol. The van der Waals surface area contributed by atoms with E-state index in [2.05, 4.69) is 4.74 Å². The van der Waals surface area contributed by atoms with E-state index in [4.69, 9.17) is 0 Å². The molecule has 0 aromatic carbocycles. The Kier molecular flexibility index (Phi) is 5.34. The SMILES string of the molecule is CCOC(=O)/C(F)=C\CC(C)C. The molecule has 12 heavy (non-hydrogen) atoms. The highest BCUT2D eigenvalue weighted by Gasteiger charge is 2.08. The van der Waals surface area contributed by atoms with Gasteiger partial charge in [0.2, 0.25) is 5.83 Å². The van der Waals surface area contributed by atoms with Crippen LogP contribution in [0.15, 0.2) is 11.9 Å². The van der Waals surface area contributed by atoms with Crippen LogP contribution in [0.2, 0.25) is 0 Å². The third-order valence-corrected chi connectivity index (χ3v) is 1.24. The zero-order valence-corrected chi connectivity index (χ0v) is 7.76. The average molecular weight is 174 g/mol. The Bertz CT molecular complexity index is 173. The van der Waals surface area contributed by atoms with Gasteiger partial charge in [-0.15, -0.1) is 0 Å². The van der Waals surface area contributed by atoms with Crippen molar-refractivity contribution in [2.75, 3.05) is 6.61 Å². The molecule has 0 amide bonds. The smallest absolute Gasteiger partial charge is 0.366 e. The molecule has 0 rings (SSSR count). The summed E-state index contributed by atoms with van der Waals surface area (Å²) in [5.41, 5.74) is 0. The lowest BCUT2D eigenvalue weighted by Crippen LogP contribution is -2.04. The van der Waals surface area contributed by atoms with Gasteiger partial charge in [-0.25, -0.2) is 4.79 Å². The predicted octanol–water partition coefficient (Wildman–Crippen LogP) is 2.45. The number of halogens is 1. The summed E-state index contributed by atoms with van der Waals surface area (Å²) < 4.78 is 17.2. The average Bonchev–Trinajstić information content (AvgIpc) is 2.00. The molecule has 0 atom stereocenters. The molecule has 0 N–H and O–H groups in total. The van der Waals surface area contributed by atoms with Gasteiger partial charge in [0.25, 0.3) is 0 Å². The second kappa shape index (κ2) is 5.75. The lowest BCUT2D eigenvalue weighted by molar-refractivity contribution is -0.140. The van der Waals surface area contributed by atoms with Crippen LogP contribution in [-0.2, 0) is 9.53 Å². The first-order chi connectivity index (χ1) is 5.57. The highest BCUT2D eigenvalue weighted by Crippen LogP contribution is 2.06. The maximum absolute atomic E-state index is 12.7. The molecule has 0 saturated heterocycles. The summed E-state index contributed by atoms with van der Waals surface area (Å²) >= 11 is 0. The first-order valence-corrected chi connectivity index (χ1v) is 4.10. The molecule has 0 saturated carbocycles. The Balaban J connectivity index is 3.90. The first kappa shape index (κ1) is 11.1. The van der Waals surface area contributed by atoms with Crippen molar-refractivity contribution in [2.45, 2.75) is 27.2 Å². The lowest BCUT2D eigenvalue weighted by atomic mass is 10.1. The summed E-state index contributed by atoms with van der Waals surface area (Å²) in [5, 5.41) is 0. The Morgan fingerprint density at radius 3 is 2.58 bits per heavy atom. The van der Waals surface area contributed by atoms with E-state index in [1.807, 2.05) is 13.8 Å². The van der Waals surface area contributed by atoms with Gasteiger partial charge in [-0.1, -0.05) is 13.8 Å². The van der Waals surface area contributed by atoms with Crippen LogP contribution in [0, 0.1) is 5.92 Å². The number of hydrogen-bond donors (Lipinski definition) is 0. The minimum absolute atomic E-state index is 0.210. The number of hydrogen-bond acceptors (Lipinski definition) is 2. The zero-order chi connectivity index (χ0) is 9.56. The van der Waals surface area contributed by atoms with Crippen molar-refractivity contribution in [3.05, 3.63) is 11.9 Å². The monoisotopic (exact) mass is 174 g/mol. The van der Waals surface area contributed by atoms with Gasteiger partial charge in [0.15, 0.2) is 0 Å². The maximum atomic E-state index is 12.7. The van der Waals surface area contributed by atoms with Gasteiger partial charge >= 0.3 is 5.97 Å². The topological polar surface area (TPSA) is 26.3 Å². The van der Waals surface area contributed by atoms with E-state index in [1.165, 1.54) is 6.08 Å². The van der Waals surface area contributed by atoms with Crippen molar-refractivity contribution in [2.24, 2.45) is 5.92 Å². The van der Waals surface area contributed by atoms with E-state index in [0.29, 0.717) is 12.3 Å². The molecule has 70 valence electrons. The standard InChI is InChI=1S/C9H15FO2/c1-4-12-9(11)8(10)6-5-7(2)3/h6-7H,4-5H2,1-3H3/b8-6+. The number of ether oxygens (including phenoxy) is 1. The molecular weight excluding hydrogens is 159 g/mol.